The molecule has 1 saturated heterocycles. The van der Waals surface area contributed by atoms with Crippen molar-refractivity contribution in [2.24, 2.45) is 5.73 Å². The molecule has 3 N–H and O–H groups in total. The van der Waals surface area contributed by atoms with Gasteiger partial charge in [0.15, 0.2) is 0 Å². The van der Waals surface area contributed by atoms with Gasteiger partial charge in [-0.2, -0.15) is 11.8 Å². The first-order valence-corrected chi connectivity index (χ1v) is 7.95. The molecule has 20 heavy (non-hydrogen) atoms. The summed E-state index contributed by atoms with van der Waals surface area (Å²) in [5.41, 5.74) is 5.98. The first-order valence-electron chi connectivity index (χ1n) is 6.31. The molecule has 7 heteroatoms. The van der Waals surface area contributed by atoms with E-state index in [1.807, 2.05) is 6.26 Å². The Balaban J connectivity index is 2.09. The number of amides is 1. The Morgan fingerprint density at radius 3 is 2.65 bits per heavy atom. The summed E-state index contributed by atoms with van der Waals surface area (Å²) in [6.07, 6.45) is 4.98. The Morgan fingerprint density at radius 2 is 2.15 bits per heavy atom. The topological polar surface area (TPSA) is 79.2 Å². The number of pyridine rings is 1. The van der Waals surface area contributed by atoms with Crippen LogP contribution in [-0.4, -0.2) is 44.9 Å². The molecule has 1 aliphatic heterocycles. The lowest BCUT2D eigenvalue weighted by molar-refractivity contribution is 0.0718. The highest BCUT2D eigenvalue weighted by Crippen LogP contribution is 2.35. The minimum absolute atomic E-state index is 0.117. The van der Waals surface area contributed by atoms with E-state index in [-0.39, 0.29) is 16.2 Å². The average Bonchev–Trinajstić information content (AvgIpc) is 2.46. The number of likely N-dealkylation sites (tertiary alicyclic amines) is 1. The fourth-order valence-corrected chi connectivity index (χ4v) is 3.63. The third kappa shape index (κ3) is 2.88. The molecule has 0 spiro atoms. The first kappa shape index (κ1) is 15.1. The van der Waals surface area contributed by atoms with Crippen molar-refractivity contribution >= 4 is 34.9 Å². The number of H-pyrrole nitrogens is 1. The number of nitrogens with two attached hydrogens (primary N) is 1. The second-order valence-electron chi connectivity index (χ2n) is 4.80. The van der Waals surface area contributed by atoms with Gasteiger partial charge in [0.25, 0.3) is 5.91 Å². The van der Waals surface area contributed by atoms with Crippen molar-refractivity contribution in [3.05, 3.63) is 34.2 Å². The molecule has 0 aromatic carbocycles. The molecule has 108 valence electrons. The molecule has 2 rings (SSSR count). The zero-order chi connectivity index (χ0) is 14.8. The molecule has 2 heterocycles. The lowest BCUT2D eigenvalue weighted by Crippen LogP contribution is -2.50. The summed E-state index contributed by atoms with van der Waals surface area (Å²) in [4.78, 5) is 28.3. The third-order valence-corrected chi connectivity index (χ3v) is 5.65. The van der Waals surface area contributed by atoms with Crippen LogP contribution in [0.3, 0.4) is 0 Å². The molecular formula is C13H17N3O2S2. The van der Waals surface area contributed by atoms with Crippen molar-refractivity contribution in [1.82, 2.24) is 9.88 Å². The maximum absolute atomic E-state index is 12.3. The maximum atomic E-state index is 12.3. The summed E-state index contributed by atoms with van der Waals surface area (Å²) in [7, 11) is 0. The van der Waals surface area contributed by atoms with E-state index < -0.39 is 0 Å². The molecular weight excluding hydrogens is 294 g/mol. The van der Waals surface area contributed by atoms with Crippen LogP contribution in [0, 0.1) is 0 Å². The molecule has 0 radical (unpaired) electrons. The first-order chi connectivity index (χ1) is 9.48. The van der Waals surface area contributed by atoms with Gasteiger partial charge < -0.3 is 15.6 Å². The number of aromatic amines is 1. The van der Waals surface area contributed by atoms with Gasteiger partial charge in [0.2, 0.25) is 5.56 Å². The number of carbonyl (C=O) groups is 1. The highest BCUT2D eigenvalue weighted by Gasteiger charge is 2.37. The largest absolute Gasteiger partial charge is 0.392 e. The van der Waals surface area contributed by atoms with Crippen molar-refractivity contribution < 1.29 is 4.79 Å². The number of aromatic nitrogens is 1. The number of thioether (sulfide) groups is 1. The van der Waals surface area contributed by atoms with Crippen molar-refractivity contribution in [2.75, 3.05) is 19.3 Å². The van der Waals surface area contributed by atoms with Gasteiger partial charge >= 0.3 is 0 Å². The predicted octanol–water partition coefficient (Wildman–Crippen LogP) is 0.999. The van der Waals surface area contributed by atoms with E-state index in [1.165, 1.54) is 12.3 Å². The predicted molar refractivity (Wildman–Crippen MR) is 85.2 cm³/mol. The quantitative estimate of drug-likeness (QED) is 0.814. The van der Waals surface area contributed by atoms with Gasteiger partial charge in [-0.3, -0.25) is 9.59 Å². The number of hydrogen-bond acceptors (Lipinski definition) is 4. The van der Waals surface area contributed by atoms with E-state index in [0.29, 0.717) is 23.6 Å². The minimum Gasteiger partial charge on any atom is -0.392 e. The van der Waals surface area contributed by atoms with Gasteiger partial charge in [-0.15, -0.1) is 0 Å². The molecule has 5 nitrogen and oxygen atoms in total. The lowest BCUT2D eigenvalue weighted by Gasteiger charge is -2.40. The van der Waals surface area contributed by atoms with Crippen molar-refractivity contribution in [3.8, 4) is 0 Å². The zero-order valence-corrected chi connectivity index (χ0v) is 12.9. The van der Waals surface area contributed by atoms with E-state index in [2.05, 4.69) is 4.98 Å². The normalized spacial score (nSPS) is 17.8. The molecule has 0 unspecified atom stereocenters. The van der Waals surface area contributed by atoms with Gasteiger partial charge in [-0.25, -0.2) is 0 Å². The van der Waals surface area contributed by atoms with E-state index >= 15 is 0 Å². The Kier molecular flexibility index (Phi) is 4.49. The van der Waals surface area contributed by atoms with Crippen LogP contribution in [-0.2, 0) is 0 Å². The summed E-state index contributed by atoms with van der Waals surface area (Å²) in [6.45, 7) is 1.20. The monoisotopic (exact) mass is 311 g/mol. The van der Waals surface area contributed by atoms with Crippen molar-refractivity contribution in [2.45, 2.75) is 17.6 Å². The van der Waals surface area contributed by atoms with E-state index in [4.69, 9.17) is 18.0 Å². The van der Waals surface area contributed by atoms with Crippen LogP contribution < -0.4 is 11.3 Å². The fourth-order valence-electron chi connectivity index (χ4n) is 2.38. The van der Waals surface area contributed by atoms with Crippen LogP contribution in [0.15, 0.2) is 23.1 Å². The average molecular weight is 311 g/mol. The van der Waals surface area contributed by atoms with Gasteiger partial charge in [-0.05, 0) is 25.2 Å². The van der Waals surface area contributed by atoms with Crippen LogP contribution in [0.25, 0.3) is 0 Å². The second kappa shape index (κ2) is 5.97. The Labute approximate surface area is 126 Å². The smallest absolute Gasteiger partial charge is 0.254 e. The molecule has 1 fully saturated rings. The zero-order valence-electron chi connectivity index (χ0n) is 11.2. The van der Waals surface area contributed by atoms with Crippen LogP contribution in [0.4, 0.5) is 0 Å². The van der Waals surface area contributed by atoms with E-state index in [9.17, 15) is 9.59 Å². The standard InChI is InChI=1S/C13H17N3O2S2/c1-20-13(12(14)19)3-6-16(7-4-13)11(18)9-2-5-15-10(17)8-9/h2,5,8H,3-4,6-7H2,1H3,(H2,14,19)(H,15,17). The number of hydrogen-bond donors (Lipinski definition) is 2. The summed E-state index contributed by atoms with van der Waals surface area (Å²) >= 11 is 6.80. The summed E-state index contributed by atoms with van der Waals surface area (Å²) < 4.78 is -0.208. The lowest BCUT2D eigenvalue weighted by atomic mass is 9.95. The number of nitrogens with one attached hydrogen (secondary N) is 1. The highest BCUT2D eigenvalue weighted by molar-refractivity contribution is 8.02. The highest BCUT2D eigenvalue weighted by atomic mass is 32.2. The molecule has 1 aromatic rings. The van der Waals surface area contributed by atoms with Crippen LogP contribution in [0.5, 0.6) is 0 Å². The summed E-state index contributed by atoms with van der Waals surface area (Å²) in [5.74, 6) is -0.117. The molecule has 0 bridgehead atoms. The number of piperidine rings is 1. The molecule has 1 aliphatic rings. The third-order valence-electron chi connectivity index (χ3n) is 3.72. The summed E-state index contributed by atoms with van der Waals surface area (Å²) in [5, 5.41) is 0. The Hall–Kier alpha value is -1.34. The Morgan fingerprint density at radius 1 is 1.50 bits per heavy atom. The molecule has 0 atom stereocenters. The minimum atomic E-state index is -0.269. The fraction of sp³-hybridized carbons (Fsp3) is 0.462. The van der Waals surface area contributed by atoms with Gasteiger partial charge in [-0.1, -0.05) is 12.2 Å². The molecule has 0 aliphatic carbocycles. The second-order valence-corrected chi connectivity index (χ2v) is 6.43. The van der Waals surface area contributed by atoms with Gasteiger partial charge in [0, 0.05) is 30.9 Å². The summed E-state index contributed by atoms with van der Waals surface area (Å²) in [6, 6.07) is 2.94. The van der Waals surface area contributed by atoms with Crippen LogP contribution in [0.2, 0.25) is 0 Å². The van der Waals surface area contributed by atoms with Gasteiger partial charge in [0.1, 0.15) is 0 Å². The molecule has 1 amide bonds. The maximum Gasteiger partial charge on any atom is 0.254 e. The van der Waals surface area contributed by atoms with Gasteiger partial charge in [0.05, 0.1) is 9.74 Å². The van der Waals surface area contributed by atoms with Crippen LogP contribution >= 0.6 is 24.0 Å². The number of carbonyl (C=O) groups excluding carboxylic acids is 1. The number of nitrogens with zero attached hydrogens (tertiary/aromatic N) is 1. The van der Waals surface area contributed by atoms with Crippen molar-refractivity contribution in [1.29, 1.82) is 0 Å². The number of rotatable bonds is 3. The van der Waals surface area contributed by atoms with Crippen LogP contribution in [0.1, 0.15) is 23.2 Å². The number of thiocarbonyl (C=S) groups is 1. The van der Waals surface area contributed by atoms with Crippen molar-refractivity contribution in [3.63, 3.8) is 0 Å². The van der Waals surface area contributed by atoms with E-state index in [1.54, 1.807) is 22.7 Å². The molecule has 1 aromatic heterocycles. The van der Waals surface area contributed by atoms with E-state index in [0.717, 1.165) is 12.8 Å². The Bertz CT molecular complexity index is 577. The SMILES string of the molecule is CSC1(C(N)=S)CCN(C(=O)c2cc[nH]c(=O)c2)CC1. The molecule has 0 saturated carbocycles.